The number of urea groups is 1. The molecule has 0 bridgehead atoms. The molecule has 4 aromatic rings. The van der Waals surface area contributed by atoms with Crippen LogP contribution in [0.4, 0.5) is 25.0 Å². The molecule has 2 N–H and O–H groups in total. The van der Waals surface area contributed by atoms with Crippen molar-refractivity contribution in [2.75, 3.05) is 24.4 Å². The van der Waals surface area contributed by atoms with E-state index in [0.717, 1.165) is 11.1 Å². The number of ether oxygens (including phenoxy) is 2. The van der Waals surface area contributed by atoms with Gasteiger partial charge in [0.25, 0.3) is 0 Å². The van der Waals surface area contributed by atoms with E-state index in [1.54, 1.807) is 42.5 Å². The Hall–Kier alpha value is -4.38. The van der Waals surface area contributed by atoms with Gasteiger partial charge in [-0.05, 0) is 35.7 Å². The monoisotopic (exact) mass is 508 g/mol. The van der Waals surface area contributed by atoms with Gasteiger partial charge in [-0.1, -0.05) is 13.8 Å². The second-order valence-corrected chi connectivity index (χ2v) is 8.44. The third kappa shape index (κ3) is 6.44. The Labute approximate surface area is 212 Å². The number of carbonyl (C=O) groups excluding carboxylic acids is 1. The van der Waals surface area contributed by atoms with Crippen molar-refractivity contribution in [3.05, 3.63) is 78.5 Å². The molecule has 0 atom stereocenters. The highest BCUT2D eigenvalue weighted by atomic mass is 19.2. The average Bonchev–Trinajstić information content (AvgIpc) is 3.37. The van der Waals surface area contributed by atoms with Crippen molar-refractivity contribution in [3.63, 3.8) is 0 Å². The van der Waals surface area contributed by atoms with E-state index >= 15 is 0 Å². The second kappa shape index (κ2) is 11.6. The number of aromatic nitrogens is 4. The quantitative estimate of drug-likeness (QED) is 0.295. The van der Waals surface area contributed by atoms with Gasteiger partial charge in [0.15, 0.2) is 11.6 Å². The van der Waals surface area contributed by atoms with Crippen LogP contribution in [0.5, 0.6) is 11.5 Å². The van der Waals surface area contributed by atoms with Gasteiger partial charge >= 0.3 is 6.03 Å². The molecule has 0 radical (unpaired) electrons. The largest absolute Gasteiger partial charge is 0.454 e. The van der Waals surface area contributed by atoms with Crippen LogP contribution in [-0.2, 0) is 11.3 Å². The Balaban J connectivity index is 1.44. The summed E-state index contributed by atoms with van der Waals surface area (Å²) in [6.45, 7) is 5.08. The molecule has 3 aromatic heterocycles. The van der Waals surface area contributed by atoms with Crippen molar-refractivity contribution in [1.29, 1.82) is 0 Å². The summed E-state index contributed by atoms with van der Waals surface area (Å²) in [6.07, 6.45) is 8.10. The van der Waals surface area contributed by atoms with Gasteiger partial charge in [-0.15, -0.1) is 0 Å². The van der Waals surface area contributed by atoms with E-state index in [2.05, 4.69) is 25.7 Å². The van der Waals surface area contributed by atoms with Gasteiger partial charge in [0.1, 0.15) is 5.75 Å². The number of rotatable bonds is 9. The minimum absolute atomic E-state index is 0.214. The second-order valence-electron chi connectivity index (χ2n) is 8.44. The van der Waals surface area contributed by atoms with Crippen LogP contribution < -0.4 is 15.4 Å². The van der Waals surface area contributed by atoms with Crippen LogP contribution in [0.3, 0.4) is 0 Å². The summed E-state index contributed by atoms with van der Waals surface area (Å²) in [5.41, 5.74) is 2.30. The number of hydrogen-bond acceptors (Lipinski definition) is 6. The minimum Gasteiger partial charge on any atom is -0.454 e. The van der Waals surface area contributed by atoms with E-state index in [1.165, 1.54) is 30.6 Å². The molecule has 0 aliphatic carbocycles. The number of nitrogens with zero attached hydrogens (tertiary/aromatic N) is 4. The van der Waals surface area contributed by atoms with Crippen LogP contribution >= 0.6 is 0 Å². The van der Waals surface area contributed by atoms with Gasteiger partial charge in [-0.25, -0.2) is 9.18 Å². The molecule has 4 rings (SSSR count). The molecule has 0 unspecified atom stereocenters. The summed E-state index contributed by atoms with van der Waals surface area (Å²) in [6, 6.07) is 6.59. The summed E-state index contributed by atoms with van der Waals surface area (Å²) < 4.78 is 41.9. The van der Waals surface area contributed by atoms with Crippen LogP contribution in [0.25, 0.3) is 11.3 Å². The molecule has 9 nitrogen and oxygen atoms in total. The first-order valence-electron chi connectivity index (χ1n) is 11.5. The average molecular weight is 509 g/mol. The summed E-state index contributed by atoms with van der Waals surface area (Å²) in [5, 5.41) is 9.12. The summed E-state index contributed by atoms with van der Waals surface area (Å²) in [4.78, 5) is 20.7. The normalized spacial score (nSPS) is 11.0. The van der Waals surface area contributed by atoms with Crippen LogP contribution in [0.15, 0.2) is 61.3 Å². The van der Waals surface area contributed by atoms with E-state index in [0.29, 0.717) is 24.5 Å². The first kappa shape index (κ1) is 25.7. The van der Waals surface area contributed by atoms with Crippen LogP contribution in [0.2, 0.25) is 0 Å². The summed E-state index contributed by atoms with van der Waals surface area (Å²) in [7, 11) is 1.61. The zero-order valence-electron chi connectivity index (χ0n) is 20.5. The number of benzene rings is 1. The number of amides is 2. The first-order chi connectivity index (χ1) is 17.8. The summed E-state index contributed by atoms with van der Waals surface area (Å²) in [5.74, 6) is -2.37. The molecule has 3 heterocycles. The lowest BCUT2D eigenvalue weighted by Crippen LogP contribution is -2.20. The highest BCUT2D eigenvalue weighted by Crippen LogP contribution is 2.31. The number of halogens is 2. The number of hydrogen-bond donors (Lipinski definition) is 2. The highest BCUT2D eigenvalue weighted by Gasteiger charge is 2.18. The van der Waals surface area contributed by atoms with Crippen LogP contribution in [-0.4, -0.2) is 39.5 Å². The number of pyridine rings is 2. The standard InChI is InChI=1S/C26H26F2N6O3/c1-16(2)17-10-19(14-29-12-17)32-26(35)33-21-4-5-23(25(28)24(21)27)37-20-6-7-30-22(11-20)18-13-31-34(15-18)8-9-36-3/h4-7,10-16H,8-9H2,1-3H3,(H2,32,33,35). The van der Waals surface area contributed by atoms with Crippen molar-refractivity contribution in [3.8, 4) is 22.8 Å². The van der Waals surface area contributed by atoms with Crippen molar-refractivity contribution in [1.82, 2.24) is 19.7 Å². The van der Waals surface area contributed by atoms with Crippen molar-refractivity contribution >= 4 is 17.4 Å². The maximum Gasteiger partial charge on any atom is 0.323 e. The fourth-order valence-corrected chi connectivity index (χ4v) is 3.40. The lowest BCUT2D eigenvalue weighted by atomic mass is 10.1. The van der Waals surface area contributed by atoms with Gasteiger partial charge in [0, 0.05) is 37.3 Å². The Kier molecular flexibility index (Phi) is 8.04. The SMILES string of the molecule is COCCn1cc(-c2cc(Oc3ccc(NC(=O)Nc4cncc(C(C)C)c4)c(F)c3F)ccn2)cn1. The van der Waals surface area contributed by atoms with Crippen molar-refractivity contribution in [2.24, 2.45) is 0 Å². The van der Waals surface area contributed by atoms with Crippen LogP contribution in [0, 0.1) is 11.6 Å². The molecule has 0 fully saturated rings. The Morgan fingerprint density at radius 3 is 2.70 bits per heavy atom. The molecule has 0 aliphatic rings. The molecular weight excluding hydrogens is 482 g/mol. The van der Waals surface area contributed by atoms with E-state index in [9.17, 15) is 13.6 Å². The van der Waals surface area contributed by atoms with Gasteiger partial charge in [0.2, 0.25) is 5.82 Å². The highest BCUT2D eigenvalue weighted by molar-refractivity contribution is 5.99. The van der Waals surface area contributed by atoms with Crippen molar-refractivity contribution < 1.29 is 23.0 Å². The number of nitrogens with one attached hydrogen (secondary N) is 2. The number of methoxy groups -OCH3 is 1. The molecule has 192 valence electrons. The smallest absolute Gasteiger partial charge is 0.323 e. The van der Waals surface area contributed by atoms with Gasteiger partial charge in [-0.2, -0.15) is 9.49 Å². The van der Waals surface area contributed by atoms with Gasteiger partial charge < -0.3 is 20.1 Å². The zero-order valence-corrected chi connectivity index (χ0v) is 20.5. The lowest BCUT2D eigenvalue weighted by molar-refractivity contribution is 0.183. The van der Waals surface area contributed by atoms with Gasteiger partial charge in [0.05, 0.1) is 42.6 Å². The van der Waals surface area contributed by atoms with E-state index in [-0.39, 0.29) is 23.1 Å². The zero-order chi connectivity index (χ0) is 26.4. The molecule has 2 amide bonds. The summed E-state index contributed by atoms with van der Waals surface area (Å²) >= 11 is 0. The maximum absolute atomic E-state index is 14.8. The molecule has 0 aliphatic heterocycles. The van der Waals surface area contributed by atoms with Crippen molar-refractivity contribution in [2.45, 2.75) is 26.3 Å². The van der Waals surface area contributed by atoms with Gasteiger partial charge in [-0.3, -0.25) is 14.6 Å². The molecule has 1 aromatic carbocycles. The topological polar surface area (TPSA) is 103 Å². The Morgan fingerprint density at radius 1 is 1.08 bits per heavy atom. The Morgan fingerprint density at radius 2 is 1.92 bits per heavy atom. The predicted octanol–water partition coefficient (Wildman–Crippen LogP) is 5.82. The maximum atomic E-state index is 14.8. The number of anilines is 2. The first-order valence-corrected chi connectivity index (χ1v) is 11.5. The lowest BCUT2D eigenvalue weighted by Gasteiger charge is -2.12. The third-order valence-corrected chi connectivity index (χ3v) is 5.39. The molecule has 37 heavy (non-hydrogen) atoms. The molecule has 0 saturated carbocycles. The van der Waals surface area contributed by atoms with E-state index in [4.69, 9.17) is 9.47 Å². The molecular formula is C26H26F2N6O3. The van der Waals surface area contributed by atoms with Crippen LogP contribution in [0.1, 0.15) is 25.3 Å². The van der Waals surface area contributed by atoms with E-state index < -0.39 is 17.7 Å². The molecule has 0 spiro atoms. The minimum atomic E-state index is -1.25. The Bertz CT molecular complexity index is 1390. The number of carbonyl (C=O) groups is 1. The predicted molar refractivity (Wildman–Crippen MR) is 135 cm³/mol. The third-order valence-electron chi connectivity index (χ3n) is 5.39. The molecule has 11 heteroatoms. The fourth-order valence-electron chi connectivity index (χ4n) is 3.40. The fraction of sp³-hybridized carbons (Fsp3) is 0.231. The molecule has 0 saturated heterocycles. The van der Waals surface area contributed by atoms with E-state index in [1.807, 2.05) is 13.8 Å².